The largest absolute Gasteiger partial charge is 1.00 e. The standard InChI is InChI=1S/C19H16O6.Na/c20-14-12-17(19(21)22)25-16-9-4-8-15(18(14)16)24-11-5-10-23-13-6-2-1-3-7-13;/h1-4,6-9,12H,5,10-11H2,(H,21,22);/q;+1/p-1. The van der Waals surface area contributed by atoms with E-state index in [1.807, 2.05) is 30.3 Å². The minimum atomic E-state index is -1.54. The van der Waals surface area contributed by atoms with Gasteiger partial charge in [0.1, 0.15) is 28.4 Å². The molecule has 7 heteroatoms. The molecule has 0 bridgehead atoms. The summed E-state index contributed by atoms with van der Waals surface area (Å²) in [6.45, 7) is 0.811. The monoisotopic (exact) mass is 362 g/mol. The summed E-state index contributed by atoms with van der Waals surface area (Å²) in [5, 5.41) is 11.1. The van der Waals surface area contributed by atoms with E-state index in [1.165, 1.54) is 6.07 Å². The van der Waals surface area contributed by atoms with Crippen LogP contribution in [0.25, 0.3) is 11.0 Å². The molecule has 128 valence electrons. The van der Waals surface area contributed by atoms with E-state index in [9.17, 15) is 14.7 Å². The molecular formula is C19H15NaO6. The van der Waals surface area contributed by atoms with Crippen LogP contribution in [0.15, 0.2) is 63.8 Å². The molecule has 0 aliphatic carbocycles. The summed E-state index contributed by atoms with van der Waals surface area (Å²) in [4.78, 5) is 23.0. The second-order valence-electron chi connectivity index (χ2n) is 5.26. The molecule has 0 amide bonds. The van der Waals surface area contributed by atoms with Crippen LogP contribution in [-0.4, -0.2) is 19.2 Å². The summed E-state index contributed by atoms with van der Waals surface area (Å²) in [5.41, 5.74) is -0.346. The van der Waals surface area contributed by atoms with Crippen molar-refractivity contribution < 1.29 is 53.3 Å². The third-order valence-corrected chi connectivity index (χ3v) is 3.48. The van der Waals surface area contributed by atoms with E-state index in [1.54, 1.807) is 12.1 Å². The average molecular weight is 362 g/mol. The molecule has 0 radical (unpaired) electrons. The zero-order valence-corrected chi connectivity index (χ0v) is 16.3. The van der Waals surface area contributed by atoms with E-state index >= 15 is 0 Å². The van der Waals surface area contributed by atoms with Crippen LogP contribution in [0.1, 0.15) is 17.0 Å². The van der Waals surface area contributed by atoms with Crippen LogP contribution < -0.4 is 49.6 Å². The predicted octanol–water partition coefficient (Wildman–Crippen LogP) is -0.992. The Morgan fingerprint density at radius 3 is 2.46 bits per heavy atom. The number of fused-ring (bicyclic) bond motifs is 1. The first-order valence-electron chi connectivity index (χ1n) is 7.74. The molecule has 0 spiro atoms. The molecule has 1 heterocycles. The van der Waals surface area contributed by atoms with Gasteiger partial charge in [-0.1, -0.05) is 24.3 Å². The van der Waals surface area contributed by atoms with Crippen molar-refractivity contribution in [3.8, 4) is 11.5 Å². The predicted molar refractivity (Wildman–Crippen MR) is 88.9 cm³/mol. The molecule has 2 aromatic carbocycles. The van der Waals surface area contributed by atoms with Crippen LogP contribution >= 0.6 is 0 Å². The van der Waals surface area contributed by atoms with Gasteiger partial charge in [0.05, 0.1) is 13.2 Å². The Labute approximate surface area is 171 Å². The third kappa shape index (κ3) is 4.88. The fourth-order valence-corrected chi connectivity index (χ4v) is 2.35. The van der Waals surface area contributed by atoms with Crippen molar-refractivity contribution in [3.05, 3.63) is 70.6 Å². The van der Waals surface area contributed by atoms with Gasteiger partial charge < -0.3 is 23.8 Å². The van der Waals surface area contributed by atoms with Gasteiger partial charge in [-0.3, -0.25) is 4.79 Å². The molecule has 0 aliphatic heterocycles. The number of para-hydroxylation sites is 1. The Balaban J connectivity index is 0.00000243. The van der Waals surface area contributed by atoms with Crippen molar-refractivity contribution in [2.45, 2.75) is 6.42 Å². The summed E-state index contributed by atoms with van der Waals surface area (Å²) in [6.07, 6.45) is 0.619. The number of carboxylic acids is 1. The first-order chi connectivity index (χ1) is 12.1. The van der Waals surface area contributed by atoms with Gasteiger partial charge in [0.25, 0.3) is 0 Å². The molecule has 0 saturated carbocycles. The number of benzene rings is 2. The smallest absolute Gasteiger partial charge is 0.542 e. The number of carboxylic acid groups (broad SMARTS) is 1. The third-order valence-electron chi connectivity index (χ3n) is 3.48. The van der Waals surface area contributed by atoms with Crippen molar-refractivity contribution >= 4 is 16.9 Å². The van der Waals surface area contributed by atoms with E-state index in [4.69, 9.17) is 13.9 Å². The van der Waals surface area contributed by atoms with Gasteiger partial charge in [-0.15, -0.1) is 0 Å². The topological polar surface area (TPSA) is 88.8 Å². The Hall–Kier alpha value is -2.28. The summed E-state index contributed by atoms with van der Waals surface area (Å²) >= 11 is 0. The van der Waals surface area contributed by atoms with Crippen LogP contribution in [0.3, 0.4) is 0 Å². The van der Waals surface area contributed by atoms with Gasteiger partial charge in [-0.25, -0.2) is 0 Å². The minimum absolute atomic E-state index is 0. The second-order valence-corrected chi connectivity index (χ2v) is 5.26. The molecule has 26 heavy (non-hydrogen) atoms. The molecule has 0 saturated heterocycles. The summed E-state index contributed by atoms with van der Waals surface area (Å²) < 4.78 is 16.4. The first kappa shape index (κ1) is 20.0. The number of carbonyl (C=O) groups is 1. The van der Waals surface area contributed by atoms with Crippen molar-refractivity contribution in [2.75, 3.05) is 13.2 Å². The SMILES string of the molecule is O=C([O-])c1cc(=O)c2c(OCCCOc3ccccc3)cccc2o1.[Na+]. The molecule has 0 aliphatic rings. The van der Waals surface area contributed by atoms with E-state index in [0.29, 0.717) is 25.4 Å². The fraction of sp³-hybridized carbons (Fsp3) is 0.158. The number of aromatic carboxylic acids is 1. The van der Waals surface area contributed by atoms with Crippen LogP contribution in [0.2, 0.25) is 0 Å². The molecule has 3 rings (SSSR count). The maximum Gasteiger partial charge on any atom is 1.00 e. The molecule has 6 nitrogen and oxygen atoms in total. The van der Waals surface area contributed by atoms with E-state index < -0.39 is 17.2 Å². The average Bonchev–Trinajstić information content (AvgIpc) is 2.62. The van der Waals surface area contributed by atoms with Crippen molar-refractivity contribution in [2.24, 2.45) is 0 Å². The number of rotatable bonds is 7. The summed E-state index contributed by atoms with van der Waals surface area (Å²) in [6, 6.07) is 15.1. The molecular weight excluding hydrogens is 347 g/mol. The number of ether oxygens (including phenoxy) is 2. The Morgan fingerprint density at radius 1 is 1.00 bits per heavy atom. The Morgan fingerprint density at radius 2 is 1.73 bits per heavy atom. The Kier molecular flexibility index (Phi) is 7.26. The first-order valence-corrected chi connectivity index (χ1v) is 7.74. The van der Waals surface area contributed by atoms with Gasteiger partial charge in [0, 0.05) is 12.5 Å². The number of hydrogen-bond donors (Lipinski definition) is 0. The maximum atomic E-state index is 12.1. The summed E-state index contributed by atoms with van der Waals surface area (Å²) in [5.74, 6) is -0.923. The molecule has 1 aromatic heterocycles. The van der Waals surface area contributed by atoms with Crippen LogP contribution in [0, 0.1) is 0 Å². The van der Waals surface area contributed by atoms with E-state index in [2.05, 4.69) is 0 Å². The van der Waals surface area contributed by atoms with Crippen LogP contribution in [0.4, 0.5) is 0 Å². The van der Waals surface area contributed by atoms with Gasteiger partial charge in [-0.05, 0) is 24.3 Å². The van der Waals surface area contributed by atoms with Gasteiger partial charge in [0.15, 0.2) is 11.2 Å². The Bertz CT molecular complexity index is 936. The summed E-state index contributed by atoms with van der Waals surface area (Å²) in [7, 11) is 0. The van der Waals surface area contributed by atoms with Crippen molar-refractivity contribution in [3.63, 3.8) is 0 Å². The van der Waals surface area contributed by atoms with E-state index in [0.717, 1.165) is 11.8 Å². The second kappa shape index (κ2) is 9.43. The quantitative estimate of drug-likeness (QED) is 0.396. The molecule has 3 aromatic rings. The zero-order chi connectivity index (χ0) is 17.6. The van der Waals surface area contributed by atoms with Gasteiger partial charge >= 0.3 is 29.6 Å². The van der Waals surface area contributed by atoms with Crippen molar-refractivity contribution in [1.29, 1.82) is 0 Å². The molecule has 0 atom stereocenters. The van der Waals surface area contributed by atoms with E-state index in [-0.39, 0.29) is 40.5 Å². The van der Waals surface area contributed by atoms with Gasteiger partial charge in [0.2, 0.25) is 0 Å². The zero-order valence-electron chi connectivity index (χ0n) is 14.3. The molecule has 0 fully saturated rings. The fourth-order valence-electron chi connectivity index (χ4n) is 2.35. The van der Waals surface area contributed by atoms with Crippen molar-refractivity contribution in [1.82, 2.24) is 0 Å². The molecule has 0 unspecified atom stereocenters. The van der Waals surface area contributed by atoms with Crippen LogP contribution in [-0.2, 0) is 0 Å². The maximum absolute atomic E-state index is 12.1. The minimum Gasteiger partial charge on any atom is -0.542 e. The normalized spacial score (nSPS) is 10.2. The van der Waals surface area contributed by atoms with Crippen LogP contribution in [0.5, 0.6) is 11.5 Å². The number of hydrogen-bond acceptors (Lipinski definition) is 6. The van der Waals surface area contributed by atoms with Gasteiger partial charge in [-0.2, -0.15) is 0 Å². The number of carbonyl (C=O) groups excluding carboxylic acids is 1. The molecule has 0 N–H and O–H groups in total.